The smallest absolute Gasteiger partial charge is 0.129 e. The quantitative estimate of drug-likeness (QED) is 0.747. The zero-order valence-electron chi connectivity index (χ0n) is 9.44. The second-order valence-corrected chi connectivity index (χ2v) is 4.27. The first kappa shape index (κ1) is 10.1. The summed E-state index contributed by atoms with van der Waals surface area (Å²) in [6, 6.07) is 8.72. The molecule has 2 atom stereocenters. The van der Waals surface area contributed by atoms with Gasteiger partial charge in [-0.15, -0.1) is 0 Å². The maximum absolute atomic E-state index is 5.83. The Hall–Kier alpha value is -1.10. The minimum Gasteiger partial charge on any atom is -0.361 e. The molecule has 0 amide bonds. The standard InChI is InChI=1S/C12H17N3O/c1-13-12-11-9-5-2-3-6-10(9)14-15(11)7-4-8-16-12/h2-3,5-6,11-14H,4,7-8H2,1H3. The summed E-state index contributed by atoms with van der Waals surface area (Å²) in [7, 11) is 1.95. The number of para-hydroxylation sites is 1. The van der Waals surface area contributed by atoms with Crippen LogP contribution >= 0.6 is 0 Å². The predicted octanol–water partition coefficient (Wildman–Crippen LogP) is 1.34. The SMILES string of the molecule is CNC1OCCCN2Nc3ccccc3C12. The van der Waals surface area contributed by atoms with Gasteiger partial charge in [-0.2, -0.15) is 0 Å². The summed E-state index contributed by atoms with van der Waals surface area (Å²) in [6.07, 6.45) is 1.13. The van der Waals surface area contributed by atoms with E-state index < -0.39 is 0 Å². The van der Waals surface area contributed by atoms with Gasteiger partial charge < -0.3 is 10.2 Å². The Balaban J connectivity index is 1.98. The highest BCUT2D eigenvalue weighted by Crippen LogP contribution is 2.38. The van der Waals surface area contributed by atoms with Gasteiger partial charge in [-0.1, -0.05) is 18.2 Å². The molecular weight excluding hydrogens is 202 g/mol. The Morgan fingerprint density at radius 3 is 3.19 bits per heavy atom. The number of fused-ring (bicyclic) bond motifs is 3. The number of anilines is 1. The van der Waals surface area contributed by atoms with Gasteiger partial charge in [0.15, 0.2) is 0 Å². The fraction of sp³-hybridized carbons (Fsp3) is 0.500. The molecule has 0 bridgehead atoms. The Labute approximate surface area is 95.6 Å². The van der Waals surface area contributed by atoms with Gasteiger partial charge in [0.1, 0.15) is 6.23 Å². The number of ether oxygens (including phenoxy) is 1. The molecule has 2 unspecified atom stereocenters. The number of nitrogens with one attached hydrogen (secondary N) is 2. The Morgan fingerprint density at radius 2 is 2.31 bits per heavy atom. The fourth-order valence-corrected chi connectivity index (χ4v) is 2.55. The van der Waals surface area contributed by atoms with Gasteiger partial charge >= 0.3 is 0 Å². The molecule has 1 aromatic rings. The van der Waals surface area contributed by atoms with Crippen LogP contribution < -0.4 is 10.7 Å². The first-order valence-electron chi connectivity index (χ1n) is 5.81. The number of benzene rings is 1. The van der Waals surface area contributed by atoms with Crippen molar-refractivity contribution < 1.29 is 4.74 Å². The number of hydrazine groups is 1. The molecule has 86 valence electrons. The highest BCUT2D eigenvalue weighted by atomic mass is 16.5. The van der Waals surface area contributed by atoms with E-state index in [-0.39, 0.29) is 12.3 Å². The summed E-state index contributed by atoms with van der Waals surface area (Å²) in [4.78, 5) is 0. The largest absolute Gasteiger partial charge is 0.361 e. The Morgan fingerprint density at radius 1 is 1.44 bits per heavy atom. The van der Waals surface area contributed by atoms with Gasteiger partial charge in [-0.3, -0.25) is 5.32 Å². The summed E-state index contributed by atoms with van der Waals surface area (Å²) >= 11 is 0. The average molecular weight is 219 g/mol. The van der Waals surface area contributed by atoms with Crippen molar-refractivity contribution in [3.05, 3.63) is 29.8 Å². The topological polar surface area (TPSA) is 36.5 Å². The minimum atomic E-state index is 0.0682. The molecule has 1 saturated heterocycles. The van der Waals surface area contributed by atoms with Crippen LogP contribution in [0, 0.1) is 0 Å². The summed E-state index contributed by atoms with van der Waals surface area (Å²) in [6.45, 7) is 1.85. The van der Waals surface area contributed by atoms with Crippen molar-refractivity contribution in [3.63, 3.8) is 0 Å². The molecule has 4 nitrogen and oxygen atoms in total. The van der Waals surface area contributed by atoms with E-state index in [0.717, 1.165) is 19.6 Å². The van der Waals surface area contributed by atoms with Gasteiger partial charge in [-0.25, -0.2) is 5.01 Å². The number of hydrogen-bond donors (Lipinski definition) is 2. The Bertz CT molecular complexity index is 378. The van der Waals surface area contributed by atoms with E-state index in [9.17, 15) is 0 Å². The molecule has 4 heteroatoms. The molecule has 0 radical (unpaired) electrons. The third-order valence-electron chi connectivity index (χ3n) is 3.29. The molecule has 2 heterocycles. The van der Waals surface area contributed by atoms with Crippen LogP contribution in [0.5, 0.6) is 0 Å². The fourth-order valence-electron chi connectivity index (χ4n) is 2.55. The highest BCUT2D eigenvalue weighted by Gasteiger charge is 2.37. The second-order valence-electron chi connectivity index (χ2n) is 4.27. The van der Waals surface area contributed by atoms with E-state index in [2.05, 4.69) is 40.0 Å². The zero-order valence-corrected chi connectivity index (χ0v) is 9.44. The zero-order chi connectivity index (χ0) is 11.0. The van der Waals surface area contributed by atoms with Crippen LogP contribution in [0.4, 0.5) is 5.69 Å². The van der Waals surface area contributed by atoms with Crippen molar-refractivity contribution in [1.82, 2.24) is 10.3 Å². The van der Waals surface area contributed by atoms with Crippen LogP contribution in [0.3, 0.4) is 0 Å². The van der Waals surface area contributed by atoms with Gasteiger partial charge in [0, 0.05) is 6.54 Å². The summed E-state index contributed by atoms with van der Waals surface area (Å²) in [5.41, 5.74) is 5.98. The van der Waals surface area contributed by atoms with Crippen molar-refractivity contribution in [2.75, 3.05) is 25.6 Å². The van der Waals surface area contributed by atoms with Crippen molar-refractivity contribution in [1.29, 1.82) is 0 Å². The monoisotopic (exact) mass is 219 g/mol. The molecule has 0 aliphatic carbocycles. The molecule has 0 aromatic heterocycles. The summed E-state index contributed by atoms with van der Waals surface area (Å²) in [5.74, 6) is 0. The predicted molar refractivity (Wildman–Crippen MR) is 62.9 cm³/mol. The van der Waals surface area contributed by atoms with Crippen molar-refractivity contribution in [2.24, 2.45) is 0 Å². The summed E-state index contributed by atoms with van der Waals surface area (Å²) < 4.78 is 5.83. The van der Waals surface area contributed by atoms with Crippen LogP contribution in [0.2, 0.25) is 0 Å². The van der Waals surface area contributed by atoms with Crippen molar-refractivity contribution >= 4 is 5.69 Å². The maximum atomic E-state index is 5.83. The molecule has 1 aromatic carbocycles. The van der Waals surface area contributed by atoms with E-state index in [4.69, 9.17) is 4.74 Å². The van der Waals surface area contributed by atoms with Crippen LogP contribution in [0.15, 0.2) is 24.3 Å². The lowest BCUT2D eigenvalue weighted by atomic mass is 10.1. The molecular formula is C12H17N3O. The average Bonchev–Trinajstić information content (AvgIpc) is 2.56. The third kappa shape index (κ3) is 1.50. The van der Waals surface area contributed by atoms with Crippen molar-refractivity contribution in [2.45, 2.75) is 18.7 Å². The first-order chi connectivity index (χ1) is 7.90. The van der Waals surface area contributed by atoms with Gasteiger partial charge in [0.05, 0.1) is 18.3 Å². The van der Waals surface area contributed by atoms with Crippen molar-refractivity contribution in [3.8, 4) is 0 Å². The Kier molecular flexibility index (Phi) is 2.55. The lowest BCUT2D eigenvalue weighted by Crippen LogP contribution is -2.41. The van der Waals surface area contributed by atoms with Gasteiger partial charge in [0.25, 0.3) is 0 Å². The first-order valence-corrected chi connectivity index (χ1v) is 5.81. The lowest BCUT2D eigenvalue weighted by Gasteiger charge is -2.27. The number of nitrogens with zero attached hydrogens (tertiary/aromatic N) is 1. The minimum absolute atomic E-state index is 0.0682. The van der Waals surface area contributed by atoms with E-state index in [1.54, 1.807) is 0 Å². The number of likely N-dealkylation sites (N-methyl/N-ethyl adjacent to an activating group) is 1. The molecule has 16 heavy (non-hydrogen) atoms. The van der Waals surface area contributed by atoms with Crippen LogP contribution in [-0.2, 0) is 4.74 Å². The molecule has 0 saturated carbocycles. The van der Waals surface area contributed by atoms with Gasteiger partial charge in [0.2, 0.25) is 0 Å². The van der Waals surface area contributed by atoms with E-state index in [1.807, 2.05) is 7.05 Å². The third-order valence-corrected chi connectivity index (χ3v) is 3.29. The van der Waals surface area contributed by atoms with Crippen LogP contribution in [0.1, 0.15) is 18.0 Å². The van der Waals surface area contributed by atoms with Gasteiger partial charge in [-0.05, 0) is 25.1 Å². The number of hydrogen-bond acceptors (Lipinski definition) is 4. The van der Waals surface area contributed by atoms with E-state index >= 15 is 0 Å². The molecule has 1 fully saturated rings. The molecule has 2 aliphatic rings. The second kappa shape index (κ2) is 4.05. The maximum Gasteiger partial charge on any atom is 0.129 e. The number of rotatable bonds is 1. The normalized spacial score (nSPS) is 29.1. The lowest BCUT2D eigenvalue weighted by molar-refractivity contribution is 0.00636. The van der Waals surface area contributed by atoms with E-state index in [0.29, 0.717) is 0 Å². The molecule has 0 spiro atoms. The highest BCUT2D eigenvalue weighted by molar-refractivity contribution is 5.56. The van der Waals surface area contributed by atoms with Crippen LogP contribution in [0.25, 0.3) is 0 Å². The molecule has 2 aliphatic heterocycles. The van der Waals surface area contributed by atoms with Crippen LogP contribution in [-0.4, -0.2) is 31.4 Å². The molecule has 3 rings (SSSR count). The summed E-state index contributed by atoms with van der Waals surface area (Å²) in [5, 5.41) is 5.53. The molecule has 2 N–H and O–H groups in total. The van der Waals surface area contributed by atoms with E-state index in [1.165, 1.54) is 11.3 Å².